The van der Waals surface area contributed by atoms with E-state index >= 15 is 0 Å². The Labute approximate surface area is 210 Å². The minimum absolute atomic E-state index is 0.122. The summed E-state index contributed by atoms with van der Waals surface area (Å²) in [6, 6.07) is 14.4. The van der Waals surface area contributed by atoms with Crippen molar-refractivity contribution in [3.8, 4) is 0 Å². The van der Waals surface area contributed by atoms with Crippen molar-refractivity contribution < 1.29 is 18.0 Å². The molecule has 0 radical (unpaired) electrons. The average Bonchev–Trinajstić information content (AvgIpc) is 2.74. The van der Waals surface area contributed by atoms with Gasteiger partial charge in [-0.3, -0.25) is 13.9 Å². The quantitative estimate of drug-likeness (QED) is 0.529. The first-order valence-electron chi connectivity index (χ1n) is 11.9. The summed E-state index contributed by atoms with van der Waals surface area (Å²) in [5, 5.41) is 2.95. The van der Waals surface area contributed by atoms with Gasteiger partial charge in [0.25, 0.3) is 0 Å². The molecule has 35 heavy (non-hydrogen) atoms. The third-order valence-electron chi connectivity index (χ3n) is 5.61. The lowest BCUT2D eigenvalue weighted by Gasteiger charge is -2.32. The van der Waals surface area contributed by atoms with Gasteiger partial charge in [-0.05, 0) is 65.7 Å². The van der Waals surface area contributed by atoms with Crippen LogP contribution in [-0.2, 0) is 26.2 Å². The average molecular weight is 502 g/mol. The SMILES string of the molecule is Cc1ccc(CN(C(=O)CCCN(c2ccc(C)cc2)S(C)(=O)=O)[C@@H](C)C(=O)NC(C)(C)C)cc1. The van der Waals surface area contributed by atoms with Crippen LogP contribution < -0.4 is 9.62 Å². The van der Waals surface area contributed by atoms with Crippen LogP contribution in [0, 0.1) is 13.8 Å². The van der Waals surface area contributed by atoms with Gasteiger partial charge in [0.2, 0.25) is 21.8 Å². The number of hydrogen-bond acceptors (Lipinski definition) is 4. The molecule has 0 spiro atoms. The van der Waals surface area contributed by atoms with E-state index in [1.165, 1.54) is 4.31 Å². The number of rotatable bonds is 10. The molecule has 192 valence electrons. The molecule has 2 rings (SSSR count). The summed E-state index contributed by atoms with van der Waals surface area (Å²) in [7, 11) is -3.51. The van der Waals surface area contributed by atoms with Crippen molar-refractivity contribution in [3.63, 3.8) is 0 Å². The molecule has 0 saturated carbocycles. The fourth-order valence-corrected chi connectivity index (χ4v) is 4.63. The van der Waals surface area contributed by atoms with E-state index in [1.54, 1.807) is 24.0 Å². The maximum atomic E-state index is 13.3. The topological polar surface area (TPSA) is 86.8 Å². The van der Waals surface area contributed by atoms with Crippen molar-refractivity contribution in [2.24, 2.45) is 0 Å². The zero-order valence-electron chi connectivity index (χ0n) is 22.0. The maximum absolute atomic E-state index is 13.3. The van der Waals surface area contributed by atoms with Crippen molar-refractivity contribution in [2.45, 2.75) is 72.5 Å². The number of carbonyl (C=O) groups excluding carboxylic acids is 2. The lowest BCUT2D eigenvalue weighted by molar-refractivity contribution is -0.141. The van der Waals surface area contributed by atoms with Gasteiger partial charge in [0.15, 0.2) is 0 Å². The first-order valence-corrected chi connectivity index (χ1v) is 13.7. The standard InChI is InChI=1S/C27H39N3O4S/c1-20-10-14-23(15-11-20)19-29(22(3)26(32)28-27(4,5)6)25(31)9-8-18-30(35(7,33)34)24-16-12-21(2)13-17-24/h10-17,22H,8-9,18-19H2,1-7H3,(H,28,32)/t22-/m0/s1. The molecule has 0 bridgehead atoms. The van der Waals surface area contributed by atoms with Gasteiger partial charge >= 0.3 is 0 Å². The smallest absolute Gasteiger partial charge is 0.242 e. The molecule has 0 saturated heterocycles. The largest absolute Gasteiger partial charge is 0.350 e. The predicted octanol–water partition coefficient (Wildman–Crippen LogP) is 4.18. The predicted molar refractivity (Wildman–Crippen MR) is 142 cm³/mol. The second-order valence-electron chi connectivity index (χ2n) is 10.2. The van der Waals surface area contributed by atoms with Crippen LogP contribution in [0.2, 0.25) is 0 Å². The molecular formula is C27H39N3O4S. The van der Waals surface area contributed by atoms with Crippen LogP contribution >= 0.6 is 0 Å². The summed E-state index contributed by atoms with van der Waals surface area (Å²) in [4.78, 5) is 27.8. The van der Waals surface area contributed by atoms with Gasteiger partial charge in [-0.2, -0.15) is 0 Å². The summed E-state index contributed by atoms with van der Waals surface area (Å²) < 4.78 is 26.1. The van der Waals surface area contributed by atoms with E-state index in [1.807, 2.05) is 71.0 Å². The fourth-order valence-electron chi connectivity index (χ4n) is 3.66. The van der Waals surface area contributed by atoms with Gasteiger partial charge in [0.05, 0.1) is 11.9 Å². The van der Waals surface area contributed by atoms with Gasteiger partial charge in [-0.1, -0.05) is 47.5 Å². The molecule has 0 aliphatic rings. The van der Waals surface area contributed by atoms with E-state index in [9.17, 15) is 18.0 Å². The molecule has 8 heteroatoms. The normalized spacial score (nSPS) is 12.7. The highest BCUT2D eigenvalue weighted by atomic mass is 32.2. The molecule has 0 aliphatic heterocycles. The lowest BCUT2D eigenvalue weighted by atomic mass is 10.1. The number of anilines is 1. The van der Waals surface area contributed by atoms with Gasteiger partial charge < -0.3 is 10.2 Å². The number of sulfonamides is 1. The Hall–Kier alpha value is -2.87. The number of amides is 2. The third kappa shape index (κ3) is 9.02. The lowest BCUT2D eigenvalue weighted by Crippen LogP contribution is -2.52. The molecule has 7 nitrogen and oxygen atoms in total. The van der Waals surface area contributed by atoms with Crippen LogP contribution in [0.5, 0.6) is 0 Å². The Bertz CT molecular complexity index is 1100. The molecule has 2 aromatic carbocycles. The van der Waals surface area contributed by atoms with Crippen molar-refractivity contribution in [1.82, 2.24) is 10.2 Å². The van der Waals surface area contributed by atoms with Crippen LogP contribution in [0.1, 0.15) is 57.2 Å². The van der Waals surface area contributed by atoms with Gasteiger partial charge in [-0.25, -0.2) is 8.42 Å². The molecule has 0 fully saturated rings. The van der Waals surface area contributed by atoms with Crippen molar-refractivity contribution in [3.05, 3.63) is 65.2 Å². The Balaban J connectivity index is 2.17. The Morgan fingerprint density at radius 1 is 0.943 bits per heavy atom. The minimum Gasteiger partial charge on any atom is -0.350 e. The van der Waals surface area contributed by atoms with E-state index in [0.717, 1.165) is 22.9 Å². The Morgan fingerprint density at radius 2 is 1.46 bits per heavy atom. The van der Waals surface area contributed by atoms with E-state index in [-0.39, 0.29) is 24.8 Å². The zero-order valence-corrected chi connectivity index (χ0v) is 22.8. The highest BCUT2D eigenvalue weighted by Crippen LogP contribution is 2.20. The summed E-state index contributed by atoms with van der Waals surface area (Å²) in [5.74, 6) is -0.421. The van der Waals surface area contributed by atoms with Crippen molar-refractivity contribution in [2.75, 3.05) is 17.1 Å². The highest BCUT2D eigenvalue weighted by Gasteiger charge is 2.28. The molecule has 2 amide bonds. The molecule has 0 aliphatic carbocycles. The van der Waals surface area contributed by atoms with E-state index < -0.39 is 21.6 Å². The monoisotopic (exact) mass is 501 g/mol. The molecule has 0 heterocycles. The summed E-state index contributed by atoms with van der Waals surface area (Å²) >= 11 is 0. The molecule has 0 aromatic heterocycles. The van der Waals surface area contributed by atoms with Gasteiger partial charge in [0.1, 0.15) is 6.04 Å². The molecule has 1 atom stereocenters. The number of aryl methyl sites for hydroxylation is 2. The molecular weight excluding hydrogens is 462 g/mol. The molecule has 2 aromatic rings. The second kappa shape index (κ2) is 11.7. The summed E-state index contributed by atoms with van der Waals surface area (Å²) in [5.41, 5.74) is 3.22. The number of benzene rings is 2. The maximum Gasteiger partial charge on any atom is 0.242 e. The summed E-state index contributed by atoms with van der Waals surface area (Å²) in [6.07, 6.45) is 1.62. The summed E-state index contributed by atoms with van der Waals surface area (Å²) in [6.45, 7) is 11.8. The molecule has 1 N–H and O–H groups in total. The Morgan fingerprint density at radius 3 is 1.94 bits per heavy atom. The number of carbonyl (C=O) groups is 2. The number of nitrogens with zero attached hydrogens (tertiary/aromatic N) is 2. The zero-order chi connectivity index (χ0) is 26.4. The van der Waals surface area contributed by atoms with Crippen molar-refractivity contribution >= 4 is 27.5 Å². The van der Waals surface area contributed by atoms with E-state index in [2.05, 4.69) is 5.32 Å². The minimum atomic E-state index is -3.51. The highest BCUT2D eigenvalue weighted by molar-refractivity contribution is 7.92. The van der Waals surface area contributed by atoms with Crippen LogP contribution in [0.4, 0.5) is 5.69 Å². The Kier molecular flexibility index (Phi) is 9.49. The number of nitrogens with one attached hydrogen (secondary N) is 1. The van der Waals surface area contributed by atoms with Crippen molar-refractivity contribution in [1.29, 1.82) is 0 Å². The third-order valence-corrected chi connectivity index (χ3v) is 6.81. The second-order valence-corrected chi connectivity index (χ2v) is 12.1. The van der Waals surface area contributed by atoms with Gasteiger partial charge in [-0.15, -0.1) is 0 Å². The first-order chi connectivity index (χ1) is 16.2. The van der Waals surface area contributed by atoms with Crippen LogP contribution in [0.25, 0.3) is 0 Å². The molecule has 0 unspecified atom stereocenters. The van der Waals surface area contributed by atoms with E-state index in [4.69, 9.17) is 0 Å². The fraction of sp³-hybridized carbons (Fsp3) is 0.481. The van der Waals surface area contributed by atoms with Crippen LogP contribution in [0.3, 0.4) is 0 Å². The van der Waals surface area contributed by atoms with Crippen LogP contribution in [-0.4, -0.2) is 49.5 Å². The number of hydrogen-bond donors (Lipinski definition) is 1. The van der Waals surface area contributed by atoms with E-state index in [0.29, 0.717) is 18.7 Å². The van der Waals surface area contributed by atoms with Gasteiger partial charge in [0, 0.05) is 25.0 Å². The van der Waals surface area contributed by atoms with Crippen LogP contribution in [0.15, 0.2) is 48.5 Å². The first kappa shape index (κ1) is 28.4.